The molecule has 1 saturated heterocycles. The molecule has 0 bridgehead atoms. The molecule has 0 saturated carbocycles. The largest absolute Gasteiger partial charge is 0.487 e. The number of piperidine rings is 1. The Morgan fingerprint density at radius 2 is 1.94 bits per heavy atom. The third-order valence-electron chi connectivity index (χ3n) is 5.96. The van der Waals surface area contributed by atoms with Crippen LogP contribution in [0.5, 0.6) is 5.75 Å². The Balaban J connectivity index is 1.27. The van der Waals surface area contributed by atoms with Gasteiger partial charge in [-0.2, -0.15) is 0 Å². The predicted molar refractivity (Wildman–Crippen MR) is 118 cm³/mol. The Kier molecular flexibility index (Phi) is 5.40. The summed E-state index contributed by atoms with van der Waals surface area (Å²) >= 11 is 0. The van der Waals surface area contributed by atoms with Gasteiger partial charge < -0.3 is 9.64 Å². The highest BCUT2D eigenvalue weighted by Gasteiger charge is 2.39. The van der Waals surface area contributed by atoms with Crippen molar-refractivity contribution in [3.05, 3.63) is 71.0 Å². The number of imide groups is 1. The third kappa shape index (κ3) is 4.05. The number of benzene rings is 2. The van der Waals surface area contributed by atoms with Crippen LogP contribution in [0.3, 0.4) is 0 Å². The quantitative estimate of drug-likeness (QED) is 0.440. The summed E-state index contributed by atoms with van der Waals surface area (Å²) in [5.41, 5.74) is 3.17. The average Bonchev–Trinajstić information content (AvgIpc) is 3.43. The van der Waals surface area contributed by atoms with Gasteiger partial charge in [0.1, 0.15) is 24.1 Å². The first-order valence-electron chi connectivity index (χ1n) is 10.8. The molecule has 5 rings (SSSR count). The van der Waals surface area contributed by atoms with Crippen molar-refractivity contribution in [3.63, 3.8) is 0 Å². The second kappa shape index (κ2) is 8.54. The maximum absolute atomic E-state index is 13.0. The lowest BCUT2D eigenvalue weighted by molar-refractivity contribution is -0.136. The number of nitrogens with zero attached hydrogens (tertiary/aromatic N) is 4. The zero-order valence-corrected chi connectivity index (χ0v) is 18.4. The van der Waals surface area contributed by atoms with Gasteiger partial charge in [-0.3, -0.25) is 24.5 Å². The van der Waals surface area contributed by atoms with Crippen LogP contribution in [0.25, 0.3) is 5.69 Å². The first-order chi connectivity index (χ1) is 16.4. The molecular formula is C24H21N5O5. The number of nitrogens with one attached hydrogen (secondary N) is 1. The first kappa shape index (κ1) is 21.5. The van der Waals surface area contributed by atoms with Crippen LogP contribution in [0.15, 0.2) is 48.7 Å². The van der Waals surface area contributed by atoms with Gasteiger partial charge >= 0.3 is 0 Å². The Morgan fingerprint density at radius 3 is 2.68 bits per heavy atom. The lowest BCUT2D eigenvalue weighted by Crippen LogP contribution is -2.52. The monoisotopic (exact) mass is 459 g/mol. The number of ketones is 1. The summed E-state index contributed by atoms with van der Waals surface area (Å²) in [4.78, 5) is 49.5. The second-order valence-electron chi connectivity index (χ2n) is 8.27. The van der Waals surface area contributed by atoms with Crippen molar-refractivity contribution in [3.8, 4) is 11.4 Å². The molecule has 34 heavy (non-hydrogen) atoms. The molecule has 10 nitrogen and oxygen atoms in total. The predicted octanol–water partition coefficient (Wildman–Crippen LogP) is 1.81. The smallest absolute Gasteiger partial charge is 0.255 e. The minimum Gasteiger partial charge on any atom is -0.487 e. The van der Waals surface area contributed by atoms with Gasteiger partial charge in [0.2, 0.25) is 11.8 Å². The van der Waals surface area contributed by atoms with Crippen LogP contribution in [0.1, 0.15) is 51.7 Å². The SMILES string of the molecule is CC(=O)c1ccc(OCc2cn(-c3ccc4c(c3)C(=O)N(C3CCC(=O)NC3=O)C4)nn2)cc1. The van der Waals surface area contributed by atoms with E-state index in [1.165, 1.54) is 11.8 Å². The van der Waals surface area contributed by atoms with Crippen molar-refractivity contribution in [1.82, 2.24) is 25.2 Å². The Labute approximate surface area is 194 Å². The van der Waals surface area contributed by atoms with Crippen molar-refractivity contribution in [1.29, 1.82) is 0 Å². The van der Waals surface area contributed by atoms with Crippen LogP contribution in [0.2, 0.25) is 0 Å². The minimum absolute atomic E-state index is 0.0115. The van der Waals surface area contributed by atoms with E-state index in [9.17, 15) is 19.2 Å². The molecule has 2 aliphatic heterocycles. The van der Waals surface area contributed by atoms with Crippen LogP contribution in [0, 0.1) is 0 Å². The standard InChI is InChI=1S/C24H21N5O5/c1-14(30)15-3-6-19(7-4-15)34-13-17-12-29(27-26-17)18-5-2-16-11-28(24(33)20(16)10-18)21-8-9-22(31)25-23(21)32/h2-7,10,12,21H,8-9,11,13H2,1H3,(H,25,31,32). The van der Waals surface area contributed by atoms with Crippen molar-refractivity contribution < 1.29 is 23.9 Å². The summed E-state index contributed by atoms with van der Waals surface area (Å²) in [6.07, 6.45) is 2.25. The van der Waals surface area contributed by atoms with Crippen molar-refractivity contribution in [2.45, 2.75) is 39.0 Å². The third-order valence-corrected chi connectivity index (χ3v) is 5.96. The van der Waals surface area contributed by atoms with E-state index in [4.69, 9.17) is 4.74 Å². The van der Waals surface area contributed by atoms with Crippen LogP contribution < -0.4 is 10.1 Å². The number of amides is 3. The summed E-state index contributed by atoms with van der Waals surface area (Å²) in [5, 5.41) is 10.6. The number of rotatable bonds is 6. The number of hydrogen-bond acceptors (Lipinski definition) is 7. The van der Waals surface area contributed by atoms with E-state index in [1.807, 2.05) is 12.1 Å². The summed E-state index contributed by atoms with van der Waals surface area (Å²) < 4.78 is 7.27. The van der Waals surface area contributed by atoms with Crippen LogP contribution >= 0.6 is 0 Å². The number of hydrogen-bond donors (Lipinski definition) is 1. The van der Waals surface area contributed by atoms with Crippen LogP contribution in [0.4, 0.5) is 0 Å². The van der Waals surface area contributed by atoms with Crippen LogP contribution in [-0.4, -0.2) is 49.4 Å². The molecule has 3 heterocycles. The Bertz CT molecular complexity index is 1310. The number of carbonyl (C=O) groups excluding carboxylic acids is 4. The highest BCUT2D eigenvalue weighted by Crippen LogP contribution is 2.29. The van der Waals surface area contributed by atoms with E-state index in [0.717, 1.165) is 5.56 Å². The Hall–Kier alpha value is -4.34. The molecule has 3 amide bonds. The fourth-order valence-corrected chi connectivity index (χ4v) is 4.12. The van der Waals surface area contributed by atoms with E-state index in [0.29, 0.717) is 41.2 Å². The van der Waals surface area contributed by atoms with Gasteiger partial charge in [-0.05, 0) is 55.3 Å². The van der Waals surface area contributed by atoms with E-state index in [-0.39, 0.29) is 30.6 Å². The number of fused-ring (bicyclic) bond motifs is 1. The van der Waals surface area contributed by atoms with Gasteiger partial charge in [-0.1, -0.05) is 11.3 Å². The van der Waals surface area contributed by atoms with Gasteiger partial charge in [0.05, 0.1) is 11.9 Å². The zero-order valence-electron chi connectivity index (χ0n) is 18.4. The molecule has 1 aromatic heterocycles. The van der Waals surface area contributed by atoms with E-state index >= 15 is 0 Å². The summed E-state index contributed by atoms with van der Waals surface area (Å²) in [5.74, 6) is -0.399. The fourth-order valence-electron chi connectivity index (χ4n) is 4.12. The molecule has 0 aliphatic carbocycles. The maximum atomic E-state index is 13.0. The van der Waals surface area contributed by atoms with Crippen LogP contribution in [-0.2, 0) is 22.7 Å². The maximum Gasteiger partial charge on any atom is 0.255 e. The number of aromatic nitrogens is 3. The molecule has 1 fully saturated rings. The van der Waals surface area contributed by atoms with Gasteiger partial charge in [0, 0.05) is 24.1 Å². The van der Waals surface area contributed by atoms with E-state index in [1.54, 1.807) is 41.2 Å². The summed E-state index contributed by atoms with van der Waals surface area (Å²) in [6, 6.07) is 11.6. The molecule has 3 aromatic rings. The topological polar surface area (TPSA) is 123 Å². The lowest BCUT2D eigenvalue weighted by atomic mass is 10.0. The molecule has 1 unspecified atom stereocenters. The zero-order chi connectivity index (χ0) is 23.8. The first-order valence-corrected chi connectivity index (χ1v) is 10.8. The van der Waals surface area contributed by atoms with E-state index < -0.39 is 11.9 Å². The molecule has 1 atom stereocenters. The lowest BCUT2D eigenvalue weighted by Gasteiger charge is -2.29. The minimum atomic E-state index is -0.652. The number of carbonyl (C=O) groups is 4. The van der Waals surface area contributed by atoms with Gasteiger partial charge in [-0.25, -0.2) is 4.68 Å². The summed E-state index contributed by atoms with van der Waals surface area (Å²) in [7, 11) is 0. The van der Waals surface area contributed by atoms with Crippen molar-refractivity contribution >= 4 is 23.5 Å². The molecule has 172 valence electrons. The molecule has 2 aliphatic rings. The Morgan fingerprint density at radius 1 is 1.15 bits per heavy atom. The van der Waals surface area contributed by atoms with Gasteiger partial charge in [-0.15, -0.1) is 5.10 Å². The van der Waals surface area contributed by atoms with Crippen molar-refractivity contribution in [2.24, 2.45) is 0 Å². The molecule has 2 aromatic carbocycles. The normalized spacial score (nSPS) is 17.5. The molecule has 1 N–H and O–H groups in total. The molecular weight excluding hydrogens is 438 g/mol. The molecule has 0 radical (unpaired) electrons. The van der Waals surface area contributed by atoms with Gasteiger partial charge in [0.25, 0.3) is 5.91 Å². The van der Waals surface area contributed by atoms with Gasteiger partial charge in [0.15, 0.2) is 5.78 Å². The second-order valence-corrected chi connectivity index (χ2v) is 8.27. The van der Waals surface area contributed by atoms with E-state index in [2.05, 4.69) is 15.6 Å². The number of ether oxygens (including phenoxy) is 1. The molecule has 0 spiro atoms. The molecule has 10 heteroatoms. The number of Topliss-reactive ketones (excluding diaryl/α,β-unsaturated/α-hetero) is 1. The fraction of sp³-hybridized carbons (Fsp3) is 0.250. The summed E-state index contributed by atoms with van der Waals surface area (Å²) in [6.45, 7) is 2.01. The highest BCUT2D eigenvalue weighted by atomic mass is 16.5. The highest BCUT2D eigenvalue weighted by molar-refractivity contribution is 6.05. The van der Waals surface area contributed by atoms with Crippen molar-refractivity contribution in [2.75, 3.05) is 0 Å². The average molecular weight is 459 g/mol.